The van der Waals surface area contributed by atoms with E-state index in [9.17, 15) is 8.42 Å². The van der Waals surface area contributed by atoms with Crippen LogP contribution < -0.4 is 9.44 Å². The average Bonchev–Trinajstić information content (AvgIpc) is 2.15. The second kappa shape index (κ2) is 6.75. The lowest BCUT2D eigenvalue weighted by Crippen LogP contribution is -2.54. The predicted octanol–water partition coefficient (Wildman–Crippen LogP) is 3.40. The molecule has 0 aromatic carbocycles. The highest BCUT2D eigenvalue weighted by atomic mass is 32.2. The molecule has 1 aliphatic carbocycles. The molecule has 1 aliphatic rings. The molecule has 0 spiro atoms. The highest BCUT2D eigenvalue weighted by Crippen LogP contribution is 2.42. The van der Waals surface area contributed by atoms with Gasteiger partial charge in [0.2, 0.25) is 0 Å². The topological polar surface area (TPSA) is 67.4 Å². The van der Waals surface area contributed by atoms with Crippen molar-refractivity contribution in [3.05, 3.63) is 0 Å². The van der Waals surface area contributed by atoms with Gasteiger partial charge < -0.3 is 4.43 Å². The zero-order valence-corrected chi connectivity index (χ0v) is 18.1. The maximum atomic E-state index is 12.1. The molecule has 0 amide bonds. The van der Waals surface area contributed by atoms with Crippen LogP contribution in [-0.2, 0) is 14.6 Å². The lowest BCUT2D eigenvalue weighted by Gasteiger charge is -2.46. The van der Waals surface area contributed by atoms with Crippen molar-refractivity contribution in [1.82, 2.24) is 9.44 Å². The highest BCUT2D eigenvalue weighted by Gasteiger charge is 2.43. The van der Waals surface area contributed by atoms with Crippen molar-refractivity contribution in [3.63, 3.8) is 0 Å². The standard InChI is InChI=1S/C16H36N2O3SSi/c1-12(17-22(19,20)18-15(2,3)4)13-10-14(11-13)21-23(8,9)16(5,6)7/h12-14,17-18H,10-11H2,1-9H3. The van der Waals surface area contributed by atoms with Crippen molar-refractivity contribution < 1.29 is 12.8 Å². The van der Waals surface area contributed by atoms with E-state index >= 15 is 0 Å². The average molecular weight is 365 g/mol. The van der Waals surface area contributed by atoms with Gasteiger partial charge in [0.25, 0.3) is 10.2 Å². The third-order valence-electron chi connectivity index (χ3n) is 4.89. The molecular weight excluding hydrogens is 328 g/mol. The summed E-state index contributed by atoms with van der Waals surface area (Å²) < 4.78 is 35.9. The van der Waals surface area contributed by atoms with E-state index in [4.69, 9.17) is 4.43 Å². The van der Waals surface area contributed by atoms with Crippen LogP contribution in [-0.4, -0.2) is 34.4 Å². The van der Waals surface area contributed by atoms with Gasteiger partial charge in [-0.1, -0.05) is 20.8 Å². The molecule has 0 aliphatic heterocycles. The Balaban J connectivity index is 2.48. The van der Waals surface area contributed by atoms with Gasteiger partial charge in [-0.25, -0.2) is 0 Å². The molecule has 1 unspecified atom stereocenters. The molecule has 1 saturated carbocycles. The first-order valence-corrected chi connectivity index (χ1v) is 12.9. The van der Waals surface area contributed by atoms with E-state index in [1.54, 1.807) is 0 Å². The van der Waals surface area contributed by atoms with Gasteiger partial charge in [0.15, 0.2) is 8.32 Å². The molecule has 5 nitrogen and oxygen atoms in total. The van der Waals surface area contributed by atoms with E-state index in [0.29, 0.717) is 5.92 Å². The quantitative estimate of drug-likeness (QED) is 0.710. The summed E-state index contributed by atoms with van der Waals surface area (Å²) in [5.74, 6) is 0.348. The fraction of sp³-hybridized carbons (Fsp3) is 1.00. The smallest absolute Gasteiger partial charge is 0.277 e. The minimum atomic E-state index is -3.47. The van der Waals surface area contributed by atoms with Gasteiger partial charge in [0.1, 0.15) is 0 Å². The van der Waals surface area contributed by atoms with Crippen molar-refractivity contribution in [3.8, 4) is 0 Å². The van der Waals surface area contributed by atoms with E-state index in [2.05, 4.69) is 43.3 Å². The molecule has 0 bridgehead atoms. The third-order valence-corrected chi connectivity index (χ3v) is 11.0. The summed E-state index contributed by atoms with van der Waals surface area (Å²) in [5, 5.41) is 0.210. The van der Waals surface area contributed by atoms with Crippen LogP contribution in [0.5, 0.6) is 0 Å². The molecule has 0 saturated heterocycles. The molecule has 7 heteroatoms. The number of nitrogens with one attached hydrogen (secondary N) is 2. The highest BCUT2D eigenvalue weighted by molar-refractivity contribution is 7.87. The molecule has 1 rings (SSSR count). The minimum Gasteiger partial charge on any atom is -0.414 e. The Kier molecular flexibility index (Phi) is 6.19. The van der Waals surface area contributed by atoms with Crippen molar-refractivity contribution in [2.24, 2.45) is 5.92 Å². The van der Waals surface area contributed by atoms with Crippen LogP contribution in [0.2, 0.25) is 18.1 Å². The van der Waals surface area contributed by atoms with Crippen LogP contribution in [0.15, 0.2) is 0 Å². The van der Waals surface area contributed by atoms with Gasteiger partial charge >= 0.3 is 0 Å². The summed E-state index contributed by atoms with van der Waals surface area (Å²) in [6.45, 7) is 18.7. The molecule has 1 fully saturated rings. The minimum absolute atomic E-state index is 0.0749. The van der Waals surface area contributed by atoms with Gasteiger partial charge in [-0.2, -0.15) is 17.9 Å². The summed E-state index contributed by atoms with van der Waals surface area (Å²) in [5.41, 5.74) is -0.473. The van der Waals surface area contributed by atoms with Gasteiger partial charge in [0.05, 0.1) is 0 Å². The Labute approximate surface area is 144 Å². The predicted molar refractivity (Wildman–Crippen MR) is 99.2 cm³/mol. The maximum Gasteiger partial charge on any atom is 0.277 e. The molecule has 0 heterocycles. The molecular formula is C16H36N2O3SSi. The molecule has 0 aromatic heterocycles. The molecule has 23 heavy (non-hydrogen) atoms. The van der Waals surface area contributed by atoms with Crippen LogP contribution in [0.3, 0.4) is 0 Å². The molecule has 0 aromatic rings. The molecule has 2 N–H and O–H groups in total. The first-order valence-electron chi connectivity index (χ1n) is 8.51. The van der Waals surface area contributed by atoms with Crippen LogP contribution in [0.4, 0.5) is 0 Å². The SMILES string of the molecule is CC(NS(=O)(=O)NC(C)(C)C)C1CC(O[Si](C)(C)C(C)(C)C)C1. The fourth-order valence-corrected chi connectivity index (χ4v) is 5.40. The summed E-state index contributed by atoms with van der Waals surface area (Å²) >= 11 is 0. The van der Waals surface area contributed by atoms with Gasteiger partial charge in [-0.3, -0.25) is 0 Å². The van der Waals surface area contributed by atoms with E-state index in [1.165, 1.54) is 0 Å². The number of hydrogen-bond donors (Lipinski definition) is 2. The first kappa shape index (κ1) is 21.1. The Morgan fingerprint density at radius 2 is 1.57 bits per heavy atom. The monoisotopic (exact) mass is 364 g/mol. The van der Waals surface area contributed by atoms with Gasteiger partial charge in [-0.05, 0) is 64.6 Å². The third kappa shape index (κ3) is 6.46. The Morgan fingerprint density at radius 1 is 1.09 bits per heavy atom. The molecule has 1 atom stereocenters. The summed E-state index contributed by atoms with van der Waals surface area (Å²) in [6.07, 6.45) is 2.15. The normalized spacial score (nSPS) is 25.1. The van der Waals surface area contributed by atoms with Gasteiger partial charge in [-0.15, -0.1) is 0 Å². The van der Waals surface area contributed by atoms with Crippen LogP contribution >= 0.6 is 0 Å². The van der Waals surface area contributed by atoms with Crippen molar-refractivity contribution in [1.29, 1.82) is 0 Å². The lowest BCUT2D eigenvalue weighted by atomic mass is 9.78. The zero-order chi connectivity index (χ0) is 18.3. The Morgan fingerprint density at radius 3 is 1.96 bits per heavy atom. The molecule has 0 radical (unpaired) electrons. The molecule has 138 valence electrons. The lowest BCUT2D eigenvalue weighted by molar-refractivity contribution is 0.0404. The summed E-state index contributed by atoms with van der Waals surface area (Å²) in [6, 6.07) is -0.0749. The van der Waals surface area contributed by atoms with Crippen molar-refractivity contribution in [2.45, 2.75) is 97.1 Å². The largest absolute Gasteiger partial charge is 0.414 e. The fourth-order valence-electron chi connectivity index (χ4n) is 2.48. The second-order valence-electron chi connectivity index (χ2n) is 9.49. The van der Waals surface area contributed by atoms with Crippen molar-refractivity contribution in [2.75, 3.05) is 0 Å². The second-order valence-corrected chi connectivity index (χ2v) is 15.7. The zero-order valence-electron chi connectivity index (χ0n) is 16.3. The van der Waals surface area contributed by atoms with E-state index in [-0.39, 0.29) is 17.2 Å². The Bertz CT molecular complexity index is 500. The number of rotatable bonds is 6. The van der Waals surface area contributed by atoms with Crippen LogP contribution in [0.25, 0.3) is 0 Å². The van der Waals surface area contributed by atoms with E-state index in [0.717, 1.165) is 12.8 Å². The van der Waals surface area contributed by atoms with Crippen LogP contribution in [0.1, 0.15) is 61.3 Å². The first-order chi connectivity index (χ1) is 10.0. The maximum absolute atomic E-state index is 12.1. The van der Waals surface area contributed by atoms with E-state index in [1.807, 2.05) is 27.7 Å². The van der Waals surface area contributed by atoms with Gasteiger partial charge in [0, 0.05) is 17.7 Å². The van der Waals surface area contributed by atoms with Crippen molar-refractivity contribution >= 4 is 18.5 Å². The summed E-state index contributed by atoms with van der Waals surface area (Å²) in [4.78, 5) is 0. The number of hydrogen-bond acceptors (Lipinski definition) is 3. The van der Waals surface area contributed by atoms with E-state index < -0.39 is 24.1 Å². The Hall–Kier alpha value is 0.0469. The summed E-state index contributed by atoms with van der Waals surface area (Å²) in [7, 11) is -5.20. The van der Waals surface area contributed by atoms with Crippen LogP contribution in [0, 0.1) is 5.92 Å².